The van der Waals surface area contributed by atoms with Gasteiger partial charge in [0.15, 0.2) is 0 Å². The molecule has 0 radical (unpaired) electrons. The number of benzene rings is 1. The van der Waals surface area contributed by atoms with Crippen molar-refractivity contribution in [1.29, 1.82) is 0 Å². The van der Waals surface area contributed by atoms with Gasteiger partial charge in [-0.25, -0.2) is 0 Å². The predicted octanol–water partition coefficient (Wildman–Crippen LogP) is 4.17. The van der Waals surface area contributed by atoms with Crippen molar-refractivity contribution in [3.63, 3.8) is 0 Å². The van der Waals surface area contributed by atoms with E-state index in [1.54, 1.807) is 25.6 Å². The van der Waals surface area contributed by atoms with E-state index in [9.17, 15) is 4.79 Å². The molecule has 142 valence electrons. The first kappa shape index (κ1) is 18.2. The Morgan fingerprint density at radius 3 is 2.86 bits per heavy atom. The molecule has 1 fully saturated rings. The Hall–Kier alpha value is -3.21. The van der Waals surface area contributed by atoms with Gasteiger partial charge in [-0.3, -0.25) is 14.8 Å². The molecule has 1 saturated heterocycles. The van der Waals surface area contributed by atoms with Crippen LogP contribution < -0.4 is 4.74 Å². The molecule has 0 aliphatic carbocycles. The molecule has 0 saturated carbocycles. The Morgan fingerprint density at radius 1 is 1.14 bits per heavy atom. The molecule has 3 heterocycles. The topological polar surface area (TPSA) is 55.3 Å². The quantitative estimate of drug-likeness (QED) is 0.689. The Kier molecular flexibility index (Phi) is 5.33. The Morgan fingerprint density at radius 2 is 2.04 bits per heavy atom. The van der Waals surface area contributed by atoms with Crippen LogP contribution in [0.1, 0.15) is 34.8 Å². The number of hydrogen-bond donors (Lipinski definition) is 0. The van der Waals surface area contributed by atoms with Crippen molar-refractivity contribution in [3.05, 3.63) is 78.2 Å². The van der Waals surface area contributed by atoms with E-state index in [0.29, 0.717) is 12.1 Å². The van der Waals surface area contributed by atoms with Crippen LogP contribution in [-0.2, 0) is 0 Å². The largest absolute Gasteiger partial charge is 0.497 e. The van der Waals surface area contributed by atoms with E-state index in [1.165, 1.54) is 0 Å². The Labute approximate surface area is 165 Å². The number of methoxy groups -OCH3 is 1. The molecule has 5 nitrogen and oxygen atoms in total. The Balaban J connectivity index is 1.55. The molecule has 1 aromatic carbocycles. The van der Waals surface area contributed by atoms with Crippen LogP contribution in [0.15, 0.2) is 67.0 Å². The fraction of sp³-hybridized carbons (Fsp3) is 0.261. The molecule has 0 bridgehead atoms. The number of carbonyl (C=O) groups is 1. The van der Waals surface area contributed by atoms with Gasteiger partial charge in [-0.1, -0.05) is 18.2 Å². The van der Waals surface area contributed by atoms with Gasteiger partial charge in [0, 0.05) is 42.7 Å². The summed E-state index contributed by atoms with van der Waals surface area (Å²) in [6, 6.07) is 17.7. The molecule has 1 aliphatic rings. The number of aromatic nitrogens is 2. The van der Waals surface area contributed by atoms with Crippen LogP contribution in [0.5, 0.6) is 5.75 Å². The van der Waals surface area contributed by atoms with Gasteiger partial charge in [0.2, 0.25) is 0 Å². The monoisotopic (exact) mass is 373 g/mol. The molecule has 0 spiro atoms. The number of carbonyl (C=O) groups excluding carboxylic acids is 1. The highest BCUT2D eigenvalue weighted by Crippen LogP contribution is 2.29. The first-order valence-corrected chi connectivity index (χ1v) is 9.55. The number of pyridine rings is 2. The summed E-state index contributed by atoms with van der Waals surface area (Å²) in [5, 5.41) is 0. The number of ether oxygens (including phenoxy) is 1. The van der Waals surface area contributed by atoms with Crippen LogP contribution in [0.2, 0.25) is 0 Å². The second kappa shape index (κ2) is 8.21. The van der Waals surface area contributed by atoms with Crippen molar-refractivity contribution in [3.8, 4) is 17.0 Å². The van der Waals surface area contributed by atoms with Crippen LogP contribution in [0.4, 0.5) is 0 Å². The van der Waals surface area contributed by atoms with Gasteiger partial charge >= 0.3 is 0 Å². The number of hydrogen-bond acceptors (Lipinski definition) is 4. The van der Waals surface area contributed by atoms with Gasteiger partial charge in [-0.05, 0) is 49.2 Å². The molecule has 4 rings (SSSR count). The standard InChI is InChI=1S/C23H23N3O2/c1-28-20-9-2-6-17(14-20)21-10-3-11-22(25-21)19-8-5-13-26(16-19)23(27)18-7-4-12-24-15-18/h2-4,6-7,9-12,14-15,19H,5,8,13,16H2,1H3/t19-/m1/s1. The molecule has 5 heteroatoms. The minimum atomic E-state index is 0.0433. The highest BCUT2D eigenvalue weighted by molar-refractivity contribution is 5.94. The summed E-state index contributed by atoms with van der Waals surface area (Å²) in [5.41, 5.74) is 3.62. The highest BCUT2D eigenvalue weighted by Gasteiger charge is 2.26. The van der Waals surface area contributed by atoms with Crippen molar-refractivity contribution in [2.75, 3.05) is 20.2 Å². The summed E-state index contributed by atoms with van der Waals surface area (Å²) in [6.07, 6.45) is 5.32. The zero-order valence-corrected chi connectivity index (χ0v) is 15.9. The summed E-state index contributed by atoms with van der Waals surface area (Å²) in [6.45, 7) is 1.46. The third kappa shape index (κ3) is 3.88. The van der Waals surface area contributed by atoms with Gasteiger partial charge < -0.3 is 9.64 Å². The van der Waals surface area contributed by atoms with Gasteiger partial charge in [0.25, 0.3) is 5.91 Å². The minimum Gasteiger partial charge on any atom is -0.497 e. The van der Waals surface area contributed by atoms with E-state index < -0.39 is 0 Å². The summed E-state index contributed by atoms with van der Waals surface area (Å²) in [5.74, 6) is 1.09. The van der Waals surface area contributed by atoms with E-state index in [2.05, 4.69) is 11.1 Å². The first-order valence-electron chi connectivity index (χ1n) is 9.55. The molecule has 0 N–H and O–H groups in total. The number of piperidine rings is 1. The fourth-order valence-corrected chi connectivity index (χ4v) is 3.70. The summed E-state index contributed by atoms with van der Waals surface area (Å²) >= 11 is 0. The van der Waals surface area contributed by atoms with Crippen LogP contribution in [-0.4, -0.2) is 41.0 Å². The summed E-state index contributed by atoms with van der Waals surface area (Å²) in [4.78, 5) is 23.7. The van der Waals surface area contributed by atoms with Gasteiger partial charge in [0.05, 0.1) is 18.4 Å². The summed E-state index contributed by atoms with van der Waals surface area (Å²) in [7, 11) is 1.67. The maximum atomic E-state index is 12.8. The smallest absolute Gasteiger partial charge is 0.255 e. The number of nitrogens with zero attached hydrogens (tertiary/aromatic N) is 3. The molecule has 1 atom stereocenters. The van der Waals surface area contributed by atoms with Crippen molar-refractivity contribution in [1.82, 2.24) is 14.9 Å². The second-order valence-electron chi connectivity index (χ2n) is 7.01. The van der Waals surface area contributed by atoms with E-state index in [4.69, 9.17) is 9.72 Å². The van der Waals surface area contributed by atoms with Crippen LogP contribution in [0.3, 0.4) is 0 Å². The number of amides is 1. The van der Waals surface area contributed by atoms with Crippen molar-refractivity contribution in [2.45, 2.75) is 18.8 Å². The lowest BCUT2D eigenvalue weighted by Crippen LogP contribution is -2.39. The third-order valence-electron chi connectivity index (χ3n) is 5.17. The van der Waals surface area contributed by atoms with Crippen LogP contribution >= 0.6 is 0 Å². The van der Waals surface area contributed by atoms with E-state index >= 15 is 0 Å². The molecule has 0 unspecified atom stereocenters. The SMILES string of the molecule is COc1cccc(-c2cccc([C@@H]3CCCN(C(=O)c4cccnc4)C3)n2)c1. The highest BCUT2D eigenvalue weighted by atomic mass is 16.5. The summed E-state index contributed by atoms with van der Waals surface area (Å²) < 4.78 is 5.33. The van der Waals surface area contributed by atoms with Gasteiger partial charge in [-0.2, -0.15) is 0 Å². The number of rotatable bonds is 4. The van der Waals surface area contributed by atoms with E-state index in [-0.39, 0.29) is 11.8 Å². The maximum absolute atomic E-state index is 12.8. The van der Waals surface area contributed by atoms with E-state index in [1.807, 2.05) is 47.4 Å². The van der Waals surface area contributed by atoms with E-state index in [0.717, 1.165) is 42.1 Å². The third-order valence-corrected chi connectivity index (χ3v) is 5.17. The van der Waals surface area contributed by atoms with Crippen LogP contribution in [0, 0.1) is 0 Å². The molecule has 1 aliphatic heterocycles. The first-order chi connectivity index (χ1) is 13.7. The van der Waals surface area contributed by atoms with Crippen LogP contribution in [0.25, 0.3) is 11.3 Å². The van der Waals surface area contributed by atoms with Crippen molar-refractivity contribution in [2.24, 2.45) is 0 Å². The average Bonchev–Trinajstić information content (AvgIpc) is 2.79. The minimum absolute atomic E-state index is 0.0433. The normalized spacial score (nSPS) is 16.6. The molecule has 28 heavy (non-hydrogen) atoms. The lowest BCUT2D eigenvalue weighted by Gasteiger charge is -2.32. The lowest BCUT2D eigenvalue weighted by atomic mass is 9.93. The zero-order chi connectivity index (χ0) is 19.3. The molecule has 3 aromatic rings. The Bertz CT molecular complexity index is 959. The number of likely N-dealkylation sites (tertiary alicyclic amines) is 1. The second-order valence-corrected chi connectivity index (χ2v) is 7.01. The molecule has 1 amide bonds. The van der Waals surface area contributed by atoms with Crippen molar-refractivity contribution < 1.29 is 9.53 Å². The van der Waals surface area contributed by atoms with Gasteiger partial charge in [-0.15, -0.1) is 0 Å². The predicted molar refractivity (Wildman–Crippen MR) is 108 cm³/mol. The molecular formula is C23H23N3O2. The average molecular weight is 373 g/mol. The lowest BCUT2D eigenvalue weighted by molar-refractivity contribution is 0.0705. The maximum Gasteiger partial charge on any atom is 0.255 e. The van der Waals surface area contributed by atoms with Gasteiger partial charge in [0.1, 0.15) is 5.75 Å². The van der Waals surface area contributed by atoms with Crippen molar-refractivity contribution >= 4 is 5.91 Å². The zero-order valence-electron chi connectivity index (χ0n) is 15.9. The molecule has 2 aromatic heterocycles. The fourth-order valence-electron chi connectivity index (χ4n) is 3.70. The molecular weight excluding hydrogens is 350 g/mol.